The van der Waals surface area contributed by atoms with Crippen molar-refractivity contribution in [3.63, 3.8) is 0 Å². The average Bonchev–Trinajstić information content (AvgIpc) is 2.37. The highest BCUT2D eigenvalue weighted by atomic mass is 16.6. The first-order valence-electron chi connectivity index (χ1n) is 7.95. The number of esters is 1. The van der Waals surface area contributed by atoms with Gasteiger partial charge in [-0.2, -0.15) is 0 Å². The van der Waals surface area contributed by atoms with E-state index in [0.29, 0.717) is 5.57 Å². The van der Waals surface area contributed by atoms with Gasteiger partial charge in [-0.15, -0.1) is 0 Å². The first-order valence-corrected chi connectivity index (χ1v) is 7.95. The summed E-state index contributed by atoms with van der Waals surface area (Å²) >= 11 is 0. The van der Waals surface area contributed by atoms with Gasteiger partial charge in [0, 0.05) is 0 Å². The summed E-state index contributed by atoms with van der Waals surface area (Å²) in [5.41, 5.74) is 0.710. The van der Waals surface area contributed by atoms with Crippen molar-refractivity contribution in [3.8, 4) is 5.75 Å². The van der Waals surface area contributed by atoms with E-state index in [-0.39, 0.29) is 18.9 Å². The number of aliphatic carboxylic acids is 1. The topological polar surface area (TPSA) is 72.8 Å². The van der Waals surface area contributed by atoms with Crippen molar-refractivity contribution in [1.29, 1.82) is 0 Å². The minimum Gasteiger partial charge on any atom is -0.491 e. The molecule has 0 amide bonds. The summed E-state index contributed by atoms with van der Waals surface area (Å²) in [6.07, 6.45) is 1.54. The van der Waals surface area contributed by atoms with Crippen LogP contribution in [0.3, 0.4) is 0 Å². The zero-order chi connectivity index (χ0) is 18.3. The number of carboxylic acid groups (broad SMARTS) is 1. The number of hydrogen-bond acceptors (Lipinski definition) is 4. The molecule has 0 radical (unpaired) electrons. The lowest BCUT2D eigenvalue weighted by atomic mass is 10.0. The van der Waals surface area contributed by atoms with Crippen LogP contribution in [-0.2, 0) is 14.3 Å². The molecular weight excluding hydrogens is 308 g/mol. The standard InChI is InChI=1S/C19H26O5/c1-13(2)23-16-8-6-14(7-9-16)10-15(11-17(20)21)12-18(22)24-19(3,4)5/h6-10,13H,11-12H2,1-5H3,(H,20,21)/b15-10-. The summed E-state index contributed by atoms with van der Waals surface area (Å²) in [7, 11) is 0. The molecule has 1 N–H and O–H groups in total. The zero-order valence-corrected chi connectivity index (χ0v) is 15.0. The third-order valence-electron chi connectivity index (χ3n) is 2.79. The highest BCUT2D eigenvalue weighted by molar-refractivity contribution is 5.80. The Labute approximate surface area is 143 Å². The number of rotatable bonds is 7. The van der Waals surface area contributed by atoms with Crippen LogP contribution in [0.25, 0.3) is 6.08 Å². The number of hydrogen-bond donors (Lipinski definition) is 1. The molecule has 0 saturated carbocycles. The maximum atomic E-state index is 11.9. The van der Waals surface area contributed by atoms with Gasteiger partial charge < -0.3 is 14.6 Å². The van der Waals surface area contributed by atoms with E-state index in [9.17, 15) is 9.59 Å². The van der Waals surface area contributed by atoms with Crippen LogP contribution in [0.15, 0.2) is 29.8 Å². The van der Waals surface area contributed by atoms with Gasteiger partial charge in [0.2, 0.25) is 0 Å². The molecule has 0 spiro atoms. The van der Waals surface area contributed by atoms with Gasteiger partial charge in [0.05, 0.1) is 18.9 Å². The second kappa shape index (κ2) is 8.52. The smallest absolute Gasteiger partial charge is 0.310 e. The maximum absolute atomic E-state index is 11.9. The van der Waals surface area contributed by atoms with E-state index in [2.05, 4.69) is 0 Å². The third-order valence-corrected chi connectivity index (χ3v) is 2.79. The van der Waals surface area contributed by atoms with Crippen LogP contribution >= 0.6 is 0 Å². The fraction of sp³-hybridized carbons (Fsp3) is 0.474. The second-order valence-corrected chi connectivity index (χ2v) is 6.87. The van der Waals surface area contributed by atoms with Gasteiger partial charge in [0.15, 0.2) is 0 Å². The normalized spacial score (nSPS) is 12.2. The number of benzene rings is 1. The molecule has 0 bridgehead atoms. The Bertz CT molecular complexity index is 591. The number of carbonyl (C=O) groups is 2. The highest BCUT2D eigenvalue weighted by Crippen LogP contribution is 2.20. The van der Waals surface area contributed by atoms with Gasteiger partial charge in [0.1, 0.15) is 11.4 Å². The van der Waals surface area contributed by atoms with Crippen LogP contribution in [0, 0.1) is 0 Å². The van der Waals surface area contributed by atoms with Crippen LogP contribution in [-0.4, -0.2) is 28.8 Å². The van der Waals surface area contributed by atoms with E-state index >= 15 is 0 Å². The van der Waals surface area contributed by atoms with E-state index in [4.69, 9.17) is 14.6 Å². The molecule has 0 aliphatic rings. The monoisotopic (exact) mass is 334 g/mol. The van der Waals surface area contributed by atoms with Gasteiger partial charge in [-0.25, -0.2) is 0 Å². The van der Waals surface area contributed by atoms with Crippen molar-refractivity contribution in [3.05, 3.63) is 35.4 Å². The molecule has 0 aliphatic carbocycles. The van der Waals surface area contributed by atoms with Gasteiger partial charge in [-0.1, -0.05) is 18.2 Å². The highest BCUT2D eigenvalue weighted by Gasteiger charge is 2.18. The molecular formula is C19H26O5. The van der Waals surface area contributed by atoms with Gasteiger partial charge >= 0.3 is 11.9 Å². The molecule has 5 nitrogen and oxygen atoms in total. The Morgan fingerprint density at radius 3 is 2.17 bits per heavy atom. The Hall–Kier alpha value is -2.30. The van der Waals surface area contributed by atoms with E-state index in [1.807, 2.05) is 38.1 Å². The summed E-state index contributed by atoms with van der Waals surface area (Å²) in [5.74, 6) is -0.673. The van der Waals surface area contributed by atoms with Gasteiger partial charge in [-0.3, -0.25) is 9.59 Å². The SMILES string of the molecule is CC(C)Oc1ccc(/C=C(/CC(=O)O)CC(=O)OC(C)(C)C)cc1. The van der Waals surface area contributed by atoms with Crippen LogP contribution in [0.4, 0.5) is 0 Å². The fourth-order valence-electron chi connectivity index (χ4n) is 2.07. The lowest BCUT2D eigenvalue weighted by Gasteiger charge is -2.19. The predicted octanol–water partition coefficient (Wildman–Crippen LogP) is 4.06. The van der Waals surface area contributed by atoms with Crippen LogP contribution in [0.2, 0.25) is 0 Å². The quantitative estimate of drug-likeness (QED) is 0.761. The van der Waals surface area contributed by atoms with Crippen LogP contribution < -0.4 is 4.74 Å². The maximum Gasteiger partial charge on any atom is 0.310 e. The Morgan fingerprint density at radius 2 is 1.71 bits per heavy atom. The molecule has 0 saturated heterocycles. The molecule has 1 rings (SSSR count). The van der Waals surface area contributed by atoms with Crippen molar-refractivity contribution < 1.29 is 24.2 Å². The molecule has 1 aromatic rings. The molecule has 0 heterocycles. The van der Waals surface area contributed by atoms with E-state index in [0.717, 1.165) is 11.3 Å². The minimum atomic E-state index is -0.982. The summed E-state index contributed by atoms with van der Waals surface area (Å²) in [6, 6.07) is 7.29. The van der Waals surface area contributed by atoms with Crippen molar-refractivity contribution in [2.75, 3.05) is 0 Å². The molecule has 5 heteroatoms. The van der Waals surface area contributed by atoms with Gasteiger partial charge in [-0.05, 0) is 57.9 Å². The average molecular weight is 334 g/mol. The Morgan fingerprint density at radius 1 is 1.12 bits per heavy atom. The summed E-state index contributed by atoms with van der Waals surface area (Å²) in [4.78, 5) is 23.0. The number of ether oxygens (including phenoxy) is 2. The lowest BCUT2D eigenvalue weighted by molar-refractivity contribution is -0.153. The van der Waals surface area contributed by atoms with Gasteiger partial charge in [0.25, 0.3) is 0 Å². The summed E-state index contributed by atoms with van der Waals surface area (Å²) < 4.78 is 10.8. The van der Waals surface area contributed by atoms with Crippen molar-refractivity contribution in [2.24, 2.45) is 0 Å². The van der Waals surface area contributed by atoms with E-state index in [1.54, 1.807) is 26.8 Å². The van der Waals surface area contributed by atoms with E-state index < -0.39 is 17.5 Å². The first-order chi connectivity index (χ1) is 11.0. The molecule has 0 aliphatic heterocycles. The summed E-state index contributed by atoms with van der Waals surface area (Å²) in [6.45, 7) is 9.22. The van der Waals surface area contributed by atoms with Crippen LogP contribution in [0.1, 0.15) is 53.0 Å². The number of carbonyl (C=O) groups excluding carboxylic acids is 1. The zero-order valence-electron chi connectivity index (χ0n) is 15.0. The number of carboxylic acids is 1. The molecule has 1 aromatic carbocycles. The van der Waals surface area contributed by atoms with Crippen molar-refractivity contribution >= 4 is 18.0 Å². The Balaban J connectivity index is 2.88. The lowest BCUT2D eigenvalue weighted by Crippen LogP contribution is -2.24. The predicted molar refractivity (Wildman–Crippen MR) is 92.9 cm³/mol. The first kappa shape index (κ1) is 19.7. The second-order valence-electron chi connectivity index (χ2n) is 6.87. The molecule has 0 atom stereocenters. The molecule has 0 unspecified atom stereocenters. The van der Waals surface area contributed by atoms with Crippen molar-refractivity contribution in [2.45, 2.75) is 59.2 Å². The molecule has 132 valence electrons. The third kappa shape index (κ3) is 8.36. The summed E-state index contributed by atoms with van der Waals surface area (Å²) in [5, 5.41) is 9.04. The minimum absolute atomic E-state index is 0.0478. The largest absolute Gasteiger partial charge is 0.491 e. The van der Waals surface area contributed by atoms with Crippen molar-refractivity contribution in [1.82, 2.24) is 0 Å². The molecule has 24 heavy (non-hydrogen) atoms. The molecule has 0 aromatic heterocycles. The Kier molecular flexibility index (Phi) is 7.01. The molecule has 0 fully saturated rings. The van der Waals surface area contributed by atoms with E-state index in [1.165, 1.54) is 0 Å². The van der Waals surface area contributed by atoms with Crippen LogP contribution in [0.5, 0.6) is 5.75 Å². The fourth-order valence-corrected chi connectivity index (χ4v) is 2.07.